The highest BCUT2D eigenvalue weighted by molar-refractivity contribution is 7.16. The molecule has 0 bridgehead atoms. The summed E-state index contributed by atoms with van der Waals surface area (Å²) in [6.07, 6.45) is -1.31. The lowest BCUT2D eigenvalue weighted by molar-refractivity contribution is -0.137. The van der Waals surface area contributed by atoms with Gasteiger partial charge in [-0.25, -0.2) is 19.7 Å². The van der Waals surface area contributed by atoms with Gasteiger partial charge < -0.3 is 19.4 Å². The van der Waals surface area contributed by atoms with E-state index in [2.05, 4.69) is 15.0 Å². The smallest absolute Gasteiger partial charge is 0.443 e. The molecule has 1 amide bonds. The van der Waals surface area contributed by atoms with E-state index >= 15 is 0 Å². The minimum Gasteiger partial charge on any atom is -0.444 e. The summed E-state index contributed by atoms with van der Waals surface area (Å²) < 4.78 is 46.1. The summed E-state index contributed by atoms with van der Waals surface area (Å²) in [5, 5.41) is -0.524. The number of carbonyl (C=O) groups excluding carboxylic acids is 1. The first-order valence-electron chi connectivity index (χ1n) is 11.0. The van der Waals surface area contributed by atoms with Crippen molar-refractivity contribution in [2.75, 3.05) is 45.2 Å². The van der Waals surface area contributed by atoms with Crippen LogP contribution in [0.4, 0.5) is 23.0 Å². The number of carbonyl (C=O) groups is 1. The van der Waals surface area contributed by atoms with Crippen LogP contribution in [-0.4, -0.2) is 82.8 Å². The third kappa shape index (κ3) is 6.56. The summed E-state index contributed by atoms with van der Waals surface area (Å²) in [5.74, 6) is 0.616. The molecule has 3 heterocycles. The van der Waals surface area contributed by atoms with Crippen LogP contribution < -0.4 is 4.90 Å². The molecule has 0 unspecified atom stereocenters. The Hall–Kier alpha value is -2.47. The van der Waals surface area contributed by atoms with Gasteiger partial charge >= 0.3 is 12.3 Å². The number of thiazole rings is 1. The molecule has 1 aliphatic heterocycles. The lowest BCUT2D eigenvalue weighted by atomic mass is 10.1. The number of likely N-dealkylation sites (N-methyl/N-ethyl adjacent to an activating group) is 1. The third-order valence-electron chi connectivity index (χ3n) is 5.16. The average Bonchev–Trinajstić information content (AvgIpc) is 3.17. The molecule has 1 fully saturated rings. The maximum absolute atomic E-state index is 13.5. The van der Waals surface area contributed by atoms with Crippen molar-refractivity contribution in [3.8, 4) is 11.3 Å². The largest absolute Gasteiger partial charge is 0.444 e. The molecule has 2 aromatic heterocycles. The molecule has 188 valence electrons. The van der Waals surface area contributed by atoms with Gasteiger partial charge in [0.25, 0.3) is 0 Å². The number of halogens is 3. The standard InChI is InChI=1S/C22H31F3N6O2S/c1-14-13-30(9-10-31(14)20(32)33-21(2,3)4)18-17(28-19(34-18)22(23,24)25)15-11-26-16(27-12-15)7-8-29(5)6/h11-12,14H,7-10,13H2,1-6H3/t14-/m1/s1. The fourth-order valence-electron chi connectivity index (χ4n) is 3.50. The molecule has 0 radical (unpaired) electrons. The number of ether oxygens (including phenoxy) is 1. The Bertz CT molecular complexity index is 988. The SMILES string of the molecule is C[C@@H]1CN(c2sc(C(F)(F)F)nc2-c2cnc(CCN(C)C)nc2)CCN1C(=O)OC(C)(C)C. The molecule has 0 aromatic carbocycles. The Kier molecular flexibility index (Phi) is 7.71. The summed E-state index contributed by atoms with van der Waals surface area (Å²) >= 11 is 0.601. The van der Waals surface area contributed by atoms with Crippen molar-refractivity contribution in [1.29, 1.82) is 0 Å². The lowest BCUT2D eigenvalue weighted by Crippen LogP contribution is -2.55. The minimum atomic E-state index is -4.56. The monoisotopic (exact) mass is 500 g/mol. The van der Waals surface area contributed by atoms with Crippen LogP contribution in [0.2, 0.25) is 0 Å². The third-order valence-corrected chi connectivity index (χ3v) is 6.32. The molecule has 0 aliphatic carbocycles. The number of nitrogens with zero attached hydrogens (tertiary/aromatic N) is 6. The molecular weight excluding hydrogens is 469 g/mol. The molecule has 0 spiro atoms. The van der Waals surface area contributed by atoms with Crippen LogP contribution in [-0.2, 0) is 17.3 Å². The minimum absolute atomic E-state index is 0.203. The van der Waals surface area contributed by atoms with Gasteiger partial charge in [0.2, 0.25) is 5.01 Å². The van der Waals surface area contributed by atoms with Crippen LogP contribution in [0, 0.1) is 0 Å². The van der Waals surface area contributed by atoms with Crippen molar-refractivity contribution in [1.82, 2.24) is 24.8 Å². The van der Waals surface area contributed by atoms with Gasteiger partial charge in [-0.2, -0.15) is 13.2 Å². The van der Waals surface area contributed by atoms with Crippen molar-refractivity contribution >= 4 is 22.4 Å². The first-order valence-corrected chi connectivity index (χ1v) is 11.8. The first kappa shape index (κ1) is 26.1. The zero-order valence-corrected chi connectivity index (χ0v) is 21.1. The van der Waals surface area contributed by atoms with Crippen LogP contribution in [0.3, 0.4) is 0 Å². The predicted octanol–water partition coefficient (Wildman–Crippen LogP) is 4.17. The molecule has 1 atom stereocenters. The molecule has 3 rings (SSSR count). The van der Waals surface area contributed by atoms with E-state index in [1.165, 1.54) is 12.4 Å². The van der Waals surface area contributed by atoms with Crippen LogP contribution in [0.25, 0.3) is 11.3 Å². The number of hydrogen-bond donors (Lipinski definition) is 0. The van der Waals surface area contributed by atoms with Crippen molar-refractivity contribution in [3.05, 3.63) is 23.2 Å². The van der Waals surface area contributed by atoms with Gasteiger partial charge in [-0.15, -0.1) is 0 Å². The van der Waals surface area contributed by atoms with Crippen LogP contribution in [0.15, 0.2) is 12.4 Å². The fraction of sp³-hybridized carbons (Fsp3) is 0.636. The zero-order chi connectivity index (χ0) is 25.3. The molecule has 1 saturated heterocycles. The topological polar surface area (TPSA) is 74.7 Å². The van der Waals surface area contributed by atoms with Gasteiger partial charge in [0.15, 0.2) is 0 Å². The number of alkyl halides is 3. The lowest BCUT2D eigenvalue weighted by Gasteiger charge is -2.40. The van der Waals surface area contributed by atoms with E-state index < -0.39 is 22.9 Å². The summed E-state index contributed by atoms with van der Waals surface area (Å²) in [6, 6.07) is -0.252. The van der Waals surface area contributed by atoms with Crippen LogP contribution in [0.5, 0.6) is 0 Å². The Labute approximate surface area is 201 Å². The highest BCUT2D eigenvalue weighted by atomic mass is 32.1. The van der Waals surface area contributed by atoms with E-state index in [0.717, 1.165) is 6.54 Å². The Morgan fingerprint density at radius 3 is 2.38 bits per heavy atom. The van der Waals surface area contributed by atoms with Crippen LogP contribution in [0.1, 0.15) is 38.5 Å². The zero-order valence-electron chi connectivity index (χ0n) is 20.3. The van der Waals surface area contributed by atoms with Crippen molar-refractivity contribution in [3.63, 3.8) is 0 Å². The molecule has 2 aromatic rings. The average molecular weight is 501 g/mol. The Balaban J connectivity index is 1.85. The second-order valence-electron chi connectivity index (χ2n) is 9.58. The maximum Gasteiger partial charge on any atom is 0.443 e. The van der Waals surface area contributed by atoms with Crippen LogP contribution >= 0.6 is 11.3 Å². The summed E-state index contributed by atoms with van der Waals surface area (Å²) in [5.41, 5.74) is 0.00557. The fourth-order valence-corrected chi connectivity index (χ4v) is 4.49. The number of aromatic nitrogens is 3. The normalized spacial score (nSPS) is 17.4. The number of amides is 1. The number of hydrogen-bond acceptors (Lipinski definition) is 8. The first-order chi connectivity index (χ1) is 15.7. The number of rotatable bonds is 5. The Morgan fingerprint density at radius 2 is 1.85 bits per heavy atom. The summed E-state index contributed by atoms with van der Waals surface area (Å²) in [6.45, 7) is 9.04. The summed E-state index contributed by atoms with van der Waals surface area (Å²) in [4.78, 5) is 30.5. The molecular formula is C22H31F3N6O2S. The van der Waals surface area contributed by atoms with E-state index in [0.29, 0.717) is 53.8 Å². The van der Waals surface area contributed by atoms with Gasteiger partial charge in [-0.3, -0.25) is 0 Å². The van der Waals surface area contributed by atoms with E-state index in [9.17, 15) is 18.0 Å². The quantitative estimate of drug-likeness (QED) is 0.610. The van der Waals surface area contributed by atoms with Crippen molar-refractivity contribution in [2.45, 2.75) is 51.9 Å². The number of piperazine rings is 1. The second kappa shape index (κ2) is 10.0. The molecule has 0 saturated carbocycles. The highest BCUT2D eigenvalue weighted by Gasteiger charge is 2.39. The highest BCUT2D eigenvalue weighted by Crippen LogP contribution is 2.43. The van der Waals surface area contributed by atoms with Gasteiger partial charge in [-0.05, 0) is 41.8 Å². The predicted molar refractivity (Wildman–Crippen MR) is 125 cm³/mol. The van der Waals surface area contributed by atoms with Crippen molar-refractivity contribution < 1.29 is 22.7 Å². The number of anilines is 1. The Morgan fingerprint density at radius 1 is 1.21 bits per heavy atom. The van der Waals surface area contributed by atoms with E-state index in [1.54, 1.807) is 25.7 Å². The van der Waals surface area contributed by atoms with E-state index in [-0.39, 0.29) is 11.7 Å². The molecule has 8 nitrogen and oxygen atoms in total. The second-order valence-corrected chi connectivity index (χ2v) is 10.6. The van der Waals surface area contributed by atoms with E-state index in [4.69, 9.17) is 4.74 Å². The van der Waals surface area contributed by atoms with Gasteiger partial charge in [0, 0.05) is 56.6 Å². The van der Waals surface area contributed by atoms with Gasteiger partial charge in [0.1, 0.15) is 22.1 Å². The molecule has 34 heavy (non-hydrogen) atoms. The maximum atomic E-state index is 13.5. The van der Waals surface area contributed by atoms with Crippen molar-refractivity contribution in [2.24, 2.45) is 0 Å². The molecule has 12 heteroatoms. The molecule has 0 N–H and O–H groups in total. The van der Waals surface area contributed by atoms with Gasteiger partial charge in [0.05, 0.1) is 0 Å². The molecule has 1 aliphatic rings. The summed E-state index contributed by atoms with van der Waals surface area (Å²) in [7, 11) is 3.89. The van der Waals surface area contributed by atoms with E-state index in [1.807, 2.05) is 30.8 Å². The van der Waals surface area contributed by atoms with Gasteiger partial charge in [-0.1, -0.05) is 11.3 Å².